The zero-order valence-electron chi connectivity index (χ0n) is 8.12. The summed E-state index contributed by atoms with van der Waals surface area (Å²) >= 11 is 0. The fourth-order valence-electron chi connectivity index (χ4n) is 1.76. The van der Waals surface area contributed by atoms with Crippen LogP contribution < -0.4 is 5.32 Å². The predicted octanol–water partition coefficient (Wildman–Crippen LogP) is 2.00. The van der Waals surface area contributed by atoms with Gasteiger partial charge in [-0.1, -0.05) is 6.92 Å². The lowest BCUT2D eigenvalue weighted by atomic mass is 9.82. The van der Waals surface area contributed by atoms with Crippen molar-refractivity contribution >= 4 is 5.82 Å². The molecule has 1 aliphatic rings. The van der Waals surface area contributed by atoms with E-state index in [1.807, 2.05) is 13.0 Å². The summed E-state index contributed by atoms with van der Waals surface area (Å²) in [5, 5.41) is 11.3. The Kier molecular flexibility index (Phi) is 2.17. The summed E-state index contributed by atoms with van der Waals surface area (Å²) in [6.45, 7) is 4.31. The first kappa shape index (κ1) is 8.48. The summed E-state index contributed by atoms with van der Waals surface area (Å²) < 4.78 is 0. The summed E-state index contributed by atoms with van der Waals surface area (Å²) in [4.78, 5) is 0. The normalized spacial score (nSPS) is 26.6. The van der Waals surface area contributed by atoms with E-state index < -0.39 is 0 Å². The second-order valence-electron chi connectivity index (χ2n) is 4.04. The van der Waals surface area contributed by atoms with Crippen molar-refractivity contribution in [2.75, 3.05) is 5.32 Å². The van der Waals surface area contributed by atoms with E-state index in [1.54, 1.807) is 6.20 Å². The maximum Gasteiger partial charge on any atom is 0.149 e. The molecule has 3 heteroatoms. The molecule has 1 aromatic heterocycles. The van der Waals surface area contributed by atoms with Gasteiger partial charge in [-0.05, 0) is 37.3 Å². The van der Waals surface area contributed by atoms with Crippen LogP contribution in [-0.4, -0.2) is 16.2 Å². The number of rotatable bonds is 2. The van der Waals surface area contributed by atoms with Crippen molar-refractivity contribution in [1.82, 2.24) is 10.2 Å². The van der Waals surface area contributed by atoms with Gasteiger partial charge in [0.15, 0.2) is 0 Å². The summed E-state index contributed by atoms with van der Waals surface area (Å²) in [5.41, 5.74) is 1.16. The van der Waals surface area contributed by atoms with Gasteiger partial charge in [-0.15, -0.1) is 5.10 Å². The van der Waals surface area contributed by atoms with Gasteiger partial charge in [0.1, 0.15) is 5.82 Å². The molecule has 1 aliphatic carbocycles. The van der Waals surface area contributed by atoms with E-state index in [1.165, 1.54) is 12.8 Å². The molecule has 0 unspecified atom stereocenters. The SMILES string of the molecule is Cc1cnnc(NC2CC(C)C2)c1. The highest BCUT2D eigenvalue weighted by Crippen LogP contribution is 2.28. The fourth-order valence-corrected chi connectivity index (χ4v) is 1.76. The highest BCUT2D eigenvalue weighted by atomic mass is 15.2. The highest BCUT2D eigenvalue weighted by molar-refractivity contribution is 5.36. The van der Waals surface area contributed by atoms with Crippen molar-refractivity contribution in [2.45, 2.75) is 32.7 Å². The van der Waals surface area contributed by atoms with Gasteiger partial charge in [-0.25, -0.2) is 0 Å². The minimum Gasteiger partial charge on any atom is -0.366 e. The van der Waals surface area contributed by atoms with E-state index in [0.29, 0.717) is 6.04 Å². The molecule has 0 atom stereocenters. The van der Waals surface area contributed by atoms with Gasteiger partial charge in [0.05, 0.1) is 6.20 Å². The highest BCUT2D eigenvalue weighted by Gasteiger charge is 2.25. The molecule has 70 valence electrons. The van der Waals surface area contributed by atoms with Gasteiger partial charge in [-0.2, -0.15) is 5.10 Å². The average molecular weight is 177 g/mol. The number of nitrogens with one attached hydrogen (secondary N) is 1. The fraction of sp³-hybridized carbons (Fsp3) is 0.600. The van der Waals surface area contributed by atoms with E-state index in [4.69, 9.17) is 0 Å². The van der Waals surface area contributed by atoms with E-state index in [0.717, 1.165) is 17.3 Å². The monoisotopic (exact) mass is 177 g/mol. The van der Waals surface area contributed by atoms with Gasteiger partial charge in [0.2, 0.25) is 0 Å². The van der Waals surface area contributed by atoms with Crippen molar-refractivity contribution in [1.29, 1.82) is 0 Å². The standard InChI is InChI=1S/C10H15N3/c1-7-3-9(4-7)12-10-5-8(2)6-11-13-10/h5-7,9H,3-4H2,1-2H3,(H,12,13). The molecule has 0 saturated heterocycles. The minimum atomic E-state index is 0.617. The van der Waals surface area contributed by atoms with Crippen molar-refractivity contribution in [3.63, 3.8) is 0 Å². The average Bonchev–Trinajstić information content (AvgIpc) is 2.01. The first-order valence-electron chi connectivity index (χ1n) is 4.80. The summed E-state index contributed by atoms with van der Waals surface area (Å²) in [6.07, 6.45) is 4.29. The van der Waals surface area contributed by atoms with Crippen LogP contribution in [0.15, 0.2) is 12.3 Å². The van der Waals surface area contributed by atoms with Crippen LogP contribution >= 0.6 is 0 Å². The molecule has 2 rings (SSSR count). The van der Waals surface area contributed by atoms with Crippen molar-refractivity contribution in [3.8, 4) is 0 Å². The van der Waals surface area contributed by atoms with E-state index in [9.17, 15) is 0 Å². The Morgan fingerprint density at radius 3 is 2.85 bits per heavy atom. The Hall–Kier alpha value is -1.12. The third-order valence-corrected chi connectivity index (χ3v) is 2.52. The van der Waals surface area contributed by atoms with Crippen LogP contribution in [0, 0.1) is 12.8 Å². The molecule has 1 saturated carbocycles. The lowest BCUT2D eigenvalue weighted by molar-refractivity contribution is 0.308. The van der Waals surface area contributed by atoms with Crippen LogP contribution in [0.1, 0.15) is 25.3 Å². The van der Waals surface area contributed by atoms with Crippen molar-refractivity contribution in [2.24, 2.45) is 5.92 Å². The number of aromatic nitrogens is 2. The number of aryl methyl sites for hydroxylation is 1. The van der Waals surface area contributed by atoms with Crippen molar-refractivity contribution < 1.29 is 0 Å². The van der Waals surface area contributed by atoms with Gasteiger partial charge < -0.3 is 5.32 Å². The quantitative estimate of drug-likeness (QED) is 0.750. The van der Waals surface area contributed by atoms with Crippen LogP contribution in [0.25, 0.3) is 0 Å². The van der Waals surface area contributed by atoms with Gasteiger partial charge in [0.25, 0.3) is 0 Å². The summed E-state index contributed by atoms with van der Waals surface area (Å²) in [7, 11) is 0. The predicted molar refractivity (Wildman–Crippen MR) is 52.6 cm³/mol. The van der Waals surface area contributed by atoms with Gasteiger partial charge in [-0.3, -0.25) is 0 Å². The molecule has 1 aromatic rings. The molecule has 1 fully saturated rings. The van der Waals surface area contributed by atoms with E-state index in [-0.39, 0.29) is 0 Å². The summed E-state index contributed by atoms with van der Waals surface area (Å²) in [6, 6.07) is 2.65. The zero-order valence-corrected chi connectivity index (χ0v) is 8.12. The Morgan fingerprint density at radius 2 is 2.23 bits per heavy atom. The van der Waals surface area contributed by atoms with Gasteiger partial charge >= 0.3 is 0 Å². The molecular weight excluding hydrogens is 162 g/mol. The van der Waals surface area contributed by atoms with E-state index >= 15 is 0 Å². The molecule has 0 radical (unpaired) electrons. The van der Waals surface area contributed by atoms with Crippen LogP contribution in [0.3, 0.4) is 0 Å². The third-order valence-electron chi connectivity index (χ3n) is 2.52. The van der Waals surface area contributed by atoms with Gasteiger partial charge in [0, 0.05) is 6.04 Å². The largest absolute Gasteiger partial charge is 0.366 e. The smallest absolute Gasteiger partial charge is 0.149 e. The zero-order chi connectivity index (χ0) is 9.26. The Morgan fingerprint density at radius 1 is 1.46 bits per heavy atom. The number of hydrogen-bond donors (Lipinski definition) is 1. The van der Waals surface area contributed by atoms with Crippen LogP contribution in [0.5, 0.6) is 0 Å². The molecule has 1 N–H and O–H groups in total. The van der Waals surface area contributed by atoms with Crippen molar-refractivity contribution in [3.05, 3.63) is 17.8 Å². The molecular formula is C10H15N3. The Bertz CT molecular complexity index is 292. The molecule has 3 nitrogen and oxygen atoms in total. The van der Waals surface area contributed by atoms with Crippen LogP contribution in [0.4, 0.5) is 5.82 Å². The molecule has 0 spiro atoms. The number of anilines is 1. The van der Waals surface area contributed by atoms with Crippen LogP contribution in [0.2, 0.25) is 0 Å². The molecule has 13 heavy (non-hydrogen) atoms. The molecule has 0 aliphatic heterocycles. The summed E-state index contributed by atoms with van der Waals surface area (Å²) in [5.74, 6) is 1.78. The Labute approximate surface area is 78.6 Å². The van der Waals surface area contributed by atoms with Crippen LogP contribution in [-0.2, 0) is 0 Å². The second-order valence-corrected chi connectivity index (χ2v) is 4.04. The Balaban J connectivity index is 1.94. The number of nitrogens with zero attached hydrogens (tertiary/aromatic N) is 2. The maximum atomic E-state index is 4.03. The lowest BCUT2D eigenvalue weighted by Gasteiger charge is -2.33. The molecule has 0 amide bonds. The molecule has 0 aromatic carbocycles. The van der Waals surface area contributed by atoms with E-state index in [2.05, 4.69) is 22.4 Å². The first-order valence-corrected chi connectivity index (χ1v) is 4.80. The molecule has 0 bridgehead atoms. The maximum absolute atomic E-state index is 4.03. The number of hydrogen-bond acceptors (Lipinski definition) is 3. The minimum absolute atomic E-state index is 0.617. The second kappa shape index (κ2) is 3.32. The molecule has 1 heterocycles. The third kappa shape index (κ3) is 1.97. The first-order chi connectivity index (χ1) is 6.24. The topological polar surface area (TPSA) is 37.8 Å². The lowest BCUT2D eigenvalue weighted by Crippen LogP contribution is -2.34.